The maximum Gasteiger partial charge on any atom is 0.307 e. The number of amides is 1. The summed E-state index contributed by atoms with van der Waals surface area (Å²) in [6, 6.07) is 11.8. The fourth-order valence-electron chi connectivity index (χ4n) is 2.92. The van der Waals surface area contributed by atoms with Crippen molar-refractivity contribution in [1.29, 1.82) is 0 Å². The highest BCUT2D eigenvalue weighted by molar-refractivity contribution is 5.94. The molecule has 3 aromatic rings. The first-order chi connectivity index (χ1) is 12.0. The number of fused-ring (bicyclic) bond motifs is 1. The number of carboxylic acids is 1. The van der Waals surface area contributed by atoms with Crippen LogP contribution in [0.3, 0.4) is 0 Å². The maximum atomic E-state index is 14.2. The quantitative estimate of drug-likeness (QED) is 0.750. The van der Waals surface area contributed by atoms with E-state index in [1.807, 2.05) is 16.7 Å². The van der Waals surface area contributed by atoms with Crippen LogP contribution in [0, 0.1) is 5.82 Å². The van der Waals surface area contributed by atoms with E-state index in [9.17, 15) is 14.0 Å². The lowest BCUT2D eigenvalue weighted by molar-refractivity contribution is -0.136. The van der Waals surface area contributed by atoms with E-state index in [0.29, 0.717) is 28.6 Å². The zero-order valence-electron chi connectivity index (χ0n) is 13.6. The average molecular weight is 340 g/mol. The molecule has 0 saturated carbocycles. The molecule has 0 unspecified atom stereocenters. The number of rotatable bonds is 5. The van der Waals surface area contributed by atoms with Crippen LogP contribution in [0.15, 0.2) is 48.7 Å². The van der Waals surface area contributed by atoms with E-state index in [1.54, 1.807) is 37.5 Å². The van der Waals surface area contributed by atoms with Gasteiger partial charge in [-0.2, -0.15) is 0 Å². The molecule has 128 valence electrons. The molecule has 3 rings (SSSR count). The van der Waals surface area contributed by atoms with Crippen LogP contribution in [0.1, 0.15) is 21.5 Å². The Kier molecular flexibility index (Phi) is 4.52. The van der Waals surface area contributed by atoms with E-state index in [-0.39, 0.29) is 12.3 Å². The molecule has 1 aromatic heterocycles. The van der Waals surface area contributed by atoms with Gasteiger partial charge in [-0.15, -0.1) is 0 Å². The lowest BCUT2D eigenvalue weighted by Gasteiger charge is -2.07. The molecule has 1 heterocycles. The number of carboxylic acid groups (broad SMARTS) is 1. The first kappa shape index (κ1) is 16.7. The highest BCUT2D eigenvalue weighted by atomic mass is 19.1. The Bertz CT molecular complexity index is 945. The first-order valence-corrected chi connectivity index (χ1v) is 7.78. The van der Waals surface area contributed by atoms with Crippen LogP contribution in [0.25, 0.3) is 10.9 Å². The Hall–Kier alpha value is -3.15. The van der Waals surface area contributed by atoms with Crippen molar-refractivity contribution in [2.45, 2.75) is 13.0 Å². The molecule has 25 heavy (non-hydrogen) atoms. The van der Waals surface area contributed by atoms with Crippen molar-refractivity contribution >= 4 is 22.8 Å². The Labute approximate surface area is 143 Å². The van der Waals surface area contributed by atoms with Crippen LogP contribution in [-0.4, -0.2) is 28.6 Å². The van der Waals surface area contributed by atoms with Crippen molar-refractivity contribution in [2.75, 3.05) is 7.05 Å². The molecule has 0 aliphatic carbocycles. The molecular weight excluding hydrogens is 323 g/mol. The molecule has 0 spiro atoms. The number of aromatic nitrogens is 1. The second-order valence-electron chi connectivity index (χ2n) is 5.76. The van der Waals surface area contributed by atoms with Crippen molar-refractivity contribution < 1.29 is 19.1 Å². The molecule has 0 fully saturated rings. The minimum atomic E-state index is -1.00. The molecule has 6 heteroatoms. The number of carbonyl (C=O) groups excluding carboxylic acids is 1. The molecule has 0 saturated heterocycles. The number of aliphatic carboxylic acids is 1. The third kappa shape index (κ3) is 3.38. The number of nitrogens with zero attached hydrogens (tertiary/aromatic N) is 1. The van der Waals surface area contributed by atoms with E-state index in [4.69, 9.17) is 5.11 Å². The summed E-state index contributed by atoms with van der Waals surface area (Å²) in [4.78, 5) is 22.6. The molecule has 0 bridgehead atoms. The minimum Gasteiger partial charge on any atom is -0.481 e. The minimum absolute atomic E-state index is 0.163. The van der Waals surface area contributed by atoms with Gasteiger partial charge in [-0.05, 0) is 35.4 Å². The zero-order chi connectivity index (χ0) is 18.0. The Morgan fingerprint density at radius 3 is 2.52 bits per heavy atom. The van der Waals surface area contributed by atoms with Crippen LogP contribution in [0.4, 0.5) is 4.39 Å². The van der Waals surface area contributed by atoms with Crippen molar-refractivity contribution in [1.82, 2.24) is 9.88 Å². The summed E-state index contributed by atoms with van der Waals surface area (Å²) < 4.78 is 16.0. The Balaban J connectivity index is 1.97. The highest BCUT2D eigenvalue weighted by Crippen LogP contribution is 2.26. The normalized spacial score (nSPS) is 10.8. The van der Waals surface area contributed by atoms with E-state index < -0.39 is 11.8 Å². The third-order valence-electron chi connectivity index (χ3n) is 4.07. The predicted molar refractivity (Wildman–Crippen MR) is 92.2 cm³/mol. The van der Waals surface area contributed by atoms with Gasteiger partial charge in [-0.25, -0.2) is 4.39 Å². The molecular formula is C19H17FN2O3. The van der Waals surface area contributed by atoms with Gasteiger partial charge in [0.05, 0.1) is 11.9 Å². The zero-order valence-corrected chi connectivity index (χ0v) is 13.6. The number of hydrogen-bond acceptors (Lipinski definition) is 2. The standard InChI is InChI=1S/C19H17FN2O3/c1-21-19(25)13-7-5-12(6-8-13)10-22-11-14(9-17(23)24)18-15(20)3-2-4-16(18)22/h2-8,11H,9-10H2,1H3,(H,21,25)(H,23,24). The smallest absolute Gasteiger partial charge is 0.307 e. The van der Waals surface area contributed by atoms with E-state index in [0.717, 1.165) is 5.56 Å². The molecule has 1 amide bonds. The van der Waals surface area contributed by atoms with E-state index in [2.05, 4.69) is 5.32 Å². The van der Waals surface area contributed by atoms with Gasteiger partial charge in [0.25, 0.3) is 5.91 Å². The topological polar surface area (TPSA) is 71.3 Å². The van der Waals surface area contributed by atoms with Gasteiger partial charge in [0.1, 0.15) is 5.82 Å². The fourth-order valence-corrected chi connectivity index (χ4v) is 2.92. The van der Waals surface area contributed by atoms with Crippen LogP contribution in [0.2, 0.25) is 0 Å². The summed E-state index contributed by atoms with van der Waals surface area (Å²) in [6.07, 6.45) is 1.44. The van der Waals surface area contributed by atoms with Gasteiger partial charge in [-0.1, -0.05) is 18.2 Å². The lowest BCUT2D eigenvalue weighted by Crippen LogP contribution is -2.17. The van der Waals surface area contributed by atoms with Crippen LogP contribution in [-0.2, 0) is 17.8 Å². The number of halogens is 1. The largest absolute Gasteiger partial charge is 0.481 e. The third-order valence-corrected chi connectivity index (χ3v) is 4.07. The van der Waals surface area contributed by atoms with Crippen LogP contribution < -0.4 is 5.32 Å². The monoisotopic (exact) mass is 340 g/mol. The van der Waals surface area contributed by atoms with Gasteiger partial charge in [0.2, 0.25) is 0 Å². The van der Waals surface area contributed by atoms with Crippen molar-refractivity contribution in [2.24, 2.45) is 0 Å². The molecule has 0 aliphatic heterocycles. The summed E-state index contributed by atoms with van der Waals surface area (Å²) in [6.45, 7) is 0.452. The first-order valence-electron chi connectivity index (χ1n) is 7.78. The van der Waals surface area contributed by atoms with Gasteiger partial charge < -0.3 is 15.0 Å². The Morgan fingerprint density at radius 2 is 1.88 bits per heavy atom. The van der Waals surface area contributed by atoms with Crippen LogP contribution in [0.5, 0.6) is 0 Å². The van der Waals surface area contributed by atoms with Crippen molar-refractivity contribution in [3.8, 4) is 0 Å². The maximum absolute atomic E-state index is 14.2. The molecule has 5 nitrogen and oxygen atoms in total. The number of nitrogens with one attached hydrogen (secondary N) is 1. The summed E-state index contributed by atoms with van der Waals surface area (Å²) in [5.74, 6) is -1.59. The predicted octanol–water partition coefficient (Wildman–Crippen LogP) is 2.82. The molecule has 0 atom stereocenters. The SMILES string of the molecule is CNC(=O)c1ccc(Cn2cc(CC(=O)O)c3c(F)cccc32)cc1. The highest BCUT2D eigenvalue weighted by Gasteiger charge is 2.15. The number of benzene rings is 2. The number of hydrogen-bond donors (Lipinski definition) is 2. The van der Waals surface area contributed by atoms with E-state index in [1.165, 1.54) is 6.07 Å². The van der Waals surface area contributed by atoms with Gasteiger partial charge in [0.15, 0.2) is 0 Å². The molecule has 0 radical (unpaired) electrons. The molecule has 2 N–H and O–H groups in total. The van der Waals surface area contributed by atoms with Gasteiger partial charge in [-0.3, -0.25) is 9.59 Å². The average Bonchev–Trinajstić information content (AvgIpc) is 2.93. The van der Waals surface area contributed by atoms with Crippen molar-refractivity contribution in [3.63, 3.8) is 0 Å². The summed E-state index contributed by atoms with van der Waals surface area (Å²) in [5.41, 5.74) is 2.58. The summed E-state index contributed by atoms with van der Waals surface area (Å²) in [5, 5.41) is 12.0. The fraction of sp³-hybridized carbons (Fsp3) is 0.158. The summed E-state index contributed by atoms with van der Waals surface area (Å²) in [7, 11) is 1.57. The second-order valence-corrected chi connectivity index (χ2v) is 5.76. The lowest BCUT2D eigenvalue weighted by atomic mass is 10.1. The molecule has 2 aromatic carbocycles. The van der Waals surface area contributed by atoms with E-state index >= 15 is 0 Å². The van der Waals surface area contributed by atoms with Crippen LogP contribution >= 0.6 is 0 Å². The Morgan fingerprint density at radius 1 is 1.16 bits per heavy atom. The van der Waals surface area contributed by atoms with Crippen molar-refractivity contribution in [3.05, 3.63) is 71.2 Å². The second kappa shape index (κ2) is 6.76. The van der Waals surface area contributed by atoms with Gasteiger partial charge >= 0.3 is 5.97 Å². The summed E-state index contributed by atoms with van der Waals surface area (Å²) >= 11 is 0. The number of carbonyl (C=O) groups is 2. The van der Waals surface area contributed by atoms with Gasteiger partial charge in [0, 0.05) is 30.7 Å². The molecule has 0 aliphatic rings.